The monoisotopic (exact) mass is 298 g/mol. The van der Waals surface area contributed by atoms with E-state index >= 15 is 0 Å². The molecule has 1 fully saturated rings. The lowest BCUT2D eigenvalue weighted by atomic mass is 10.2. The summed E-state index contributed by atoms with van der Waals surface area (Å²) in [4.78, 5) is 22.4. The average molecular weight is 298 g/mol. The molecule has 1 unspecified atom stereocenters. The Labute approximate surface area is 116 Å². The van der Waals surface area contributed by atoms with E-state index in [0.717, 1.165) is 4.31 Å². The number of carboxylic acids is 1. The van der Waals surface area contributed by atoms with E-state index in [9.17, 15) is 18.0 Å². The standard InChI is InChI=1S/C12H14N2O5S/c1-8-11(15)13-6-7-14(8)20(18,19)10-5-3-2-4-9(10)12(16)17/h2-5,8H,6-7H2,1H3,(H,13,15)(H,16,17). The van der Waals surface area contributed by atoms with Crippen LogP contribution in [-0.2, 0) is 14.8 Å². The lowest BCUT2D eigenvalue weighted by molar-refractivity contribution is -0.126. The van der Waals surface area contributed by atoms with Crippen molar-refractivity contribution in [3.63, 3.8) is 0 Å². The first-order valence-electron chi connectivity index (χ1n) is 5.97. The molecule has 0 spiro atoms. The summed E-state index contributed by atoms with van der Waals surface area (Å²) in [6.07, 6.45) is 0. The van der Waals surface area contributed by atoms with Gasteiger partial charge in [-0.05, 0) is 19.1 Å². The molecule has 2 N–H and O–H groups in total. The highest BCUT2D eigenvalue weighted by atomic mass is 32.2. The van der Waals surface area contributed by atoms with E-state index in [1.165, 1.54) is 31.2 Å². The fourth-order valence-corrected chi connectivity index (χ4v) is 3.86. The van der Waals surface area contributed by atoms with E-state index in [-0.39, 0.29) is 23.5 Å². The van der Waals surface area contributed by atoms with Gasteiger partial charge in [-0.2, -0.15) is 4.31 Å². The first kappa shape index (κ1) is 14.5. The molecular weight excluding hydrogens is 284 g/mol. The van der Waals surface area contributed by atoms with Gasteiger partial charge in [0.2, 0.25) is 15.9 Å². The molecule has 0 aromatic heterocycles. The van der Waals surface area contributed by atoms with Crippen LogP contribution in [0.25, 0.3) is 0 Å². The van der Waals surface area contributed by atoms with E-state index in [2.05, 4.69) is 5.32 Å². The van der Waals surface area contributed by atoms with Crippen LogP contribution >= 0.6 is 0 Å². The summed E-state index contributed by atoms with van der Waals surface area (Å²) < 4.78 is 26.1. The number of carbonyl (C=O) groups excluding carboxylic acids is 1. The van der Waals surface area contributed by atoms with Gasteiger partial charge in [-0.25, -0.2) is 13.2 Å². The maximum atomic E-state index is 12.6. The average Bonchev–Trinajstić information content (AvgIpc) is 2.41. The van der Waals surface area contributed by atoms with Gasteiger partial charge in [-0.15, -0.1) is 0 Å². The fourth-order valence-electron chi connectivity index (χ4n) is 2.08. The summed E-state index contributed by atoms with van der Waals surface area (Å²) in [6.45, 7) is 1.79. The van der Waals surface area contributed by atoms with Crippen molar-refractivity contribution in [2.45, 2.75) is 17.9 Å². The number of benzene rings is 1. The molecule has 1 saturated heterocycles. The molecule has 0 aliphatic carbocycles. The largest absolute Gasteiger partial charge is 0.478 e. The van der Waals surface area contributed by atoms with E-state index in [1.54, 1.807) is 0 Å². The van der Waals surface area contributed by atoms with Crippen LogP contribution < -0.4 is 5.32 Å². The number of nitrogens with zero attached hydrogens (tertiary/aromatic N) is 1. The number of piperazine rings is 1. The van der Waals surface area contributed by atoms with Crippen LogP contribution in [-0.4, -0.2) is 48.8 Å². The summed E-state index contributed by atoms with van der Waals surface area (Å²) in [5, 5.41) is 11.6. The molecule has 1 aromatic carbocycles. The lowest BCUT2D eigenvalue weighted by Gasteiger charge is -2.32. The molecule has 7 nitrogen and oxygen atoms in total. The van der Waals surface area contributed by atoms with E-state index in [4.69, 9.17) is 5.11 Å². The summed E-state index contributed by atoms with van der Waals surface area (Å²) in [6, 6.07) is 4.50. The Morgan fingerprint density at radius 1 is 1.40 bits per heavy atom. The van der Waals surface area contributed by atoms with Crippen LogP contribution in [0.5, 0.6) is 0 Å². The van der Waals surface area contributed by atoms with Crippen molar-refractivity contribution in [2.24, 2.45) is 0 Å². The fraction of sp³-hybridized carbons (Fsp3) is 0.333. The second-order valence-electron chi connectivity index (χ2n) is 4.38. The zero-order valence-electron chi connectivity index (χ0n) is 10.7. The summed E-state index contributed by atoms with van der Waals surface area (Å²) in [5.41, 5.74) is -0.300. The van der Waals surface area contributed by atoms with Gasteiger partial charge in [0.05, 0.1) is 10.5 Å². The molecule has 108 valence electrons. The number of amides is 1. The third kappa shape index (κ3) is 2.39. The van der Waals surface area contributed by atoms with Gasteiger partial charge in [0.25, 0.3) is 0 Å². The third-order valence-electron chi connectivity index (χ3n) is 3.15. The molecule has 1 aliphatic heterocycles. The van der Waals surface area contributed by atoms with Crippen LogP contribution in [0, 0.1) is 0 Å². The third-order valence-corrected chi connectivity index (χ3v) is 5.18. The molecule has 1 amide bonds. The first-order valence-corrected chi connectivity index (χ1v) is 7.41. The maximum absolute atomic E-state index is 12.6. The maximum Gasteiger partial charge on any atom is 0.337 e. The summed E-state index contributed by atoms with van der Waals surface area (Å²) >= 11 is 0. The van der Waals surface area contributed by atoms with Crippen molar-refractivity contribution >= 4 is 21.9 Å². The molecule has 20 heavy (non-hydrogen) atoms. The Morgan fingerprint density at radius 2 is 2.05 bits per heavy atom. The second-order valence-corrected chi connectivity index (χ2v) is 6.24. The summed E-state index contributed by atoms with van der Waals surface area (Å²) in [5.74, 6) is -1.72. The zero-order chi connectivity index (χ0) is 14.9. The zero-order valence-corrected chi connectivity index (χ0v) is 11.6. The van der Waals surface area contributed by atoms with Crippen LogP contribution in [0.1, 0.15) is 17.3 Å². The molecule has 1 heterocycles. The number of carbonyl (C=O) groups is 2. The van der Waals surface area contributed by atoms with Gasteiger partial charge in [-0.1, -0.05) is 12.1 Å². The molecule has 0 radical (unpaired) electrons. The van der Waals surface area contributed by atoms with E-state index in [0.29, 0.717) is 0 Å². The van der Waals surface area contributed by atoms with Crippen LogP contribution in [0.4, 0.5) is 0 Å². The molecule has 1 aromatic rings. The topological polar surface area (TPSA) is 104 Å². The number of aromatic carboxylic acids is 1. The Bertz CT molecular complexity index is 656. The minimum Gasteiger partial charge on any atom is -0.478 e. The van der Waals surface area contributed by atoms with Gasteiger partial charge in [-0.3, -0.25) is 4.79 Å². The number of sulfonamides is 1. The number of carboxylic acid groups (broad SMARTS) is 1. The Kier molecular flexibility index (Phi) is 3.78. The van der Waals surface area contributed by atoms with Crippen molar-refractivity contribution in [2.75, 3.05) is 13.1 Å². The molecule has 1 atom stereocenters. The van der Waals surface area contributed by atoms with Crippen molar-refractivity contribution in [3.8, 4) is 0 Å². The number of rotatable bonds is 3. The SMILES string of the molecule is CC1C(=O)NCCN1S(=O)(=O)c1ccccc1C(=O)O. The van der Waals surface area contributed by atoms with Crippen molar-refractivity contribution in [1.82, 2.24) is 9.62 Å². The van der Waals surface area contributed by atoms with Crippen molar-refractivity contribution in [1.29, 1.82) is 0 Å². The van der Waals surface area contributed by atoms with Crippen LogP contribution in [0.15, 0.2) is 29.2 Å². The van der Waals surface area contributed by atoms with Crippen LogP contribution in [0.3, 0.4) is 0 Å². The smallest absolute Gasteiger partial charge is 0.337 e. The Balaban J connectivity index is 2.50. The molecule has 8 heteroatoms. The van der Waals surface area contributed by atoms with Crippen molar-refractivity contribution < 1.29 is 23.1 Å². The van der Waals surface area contributed by atoms with Crippen LogP contribution in [0.2, 0.25) is 0 Å². The quantitative estimate of drug-likeness (QED) is 0.810. The Morgan fingerprint density at radius 3 is 2.70 bits per heavy atom. The predicted octanol–water partition coefficient (Wildman–Crippen LogP) is -0.106. The first-order chi connectivity index (χ1) is 9.35. The molecule has 1 aliphatic rings. The lowest BCUT2D eigenvalue weighted by Crippen LogP contribution is -2.55. The highest BCUT2D eigenvalue weighted by molar-refractivity contribution is 7.89. The number of hydrogen-bond donors (Lipinski definition) is 2. The van der Waals surface area contributed by atoms with E-state index in [1.807, 2.05) is 0 Å². The molecular formula is C12H14N2O5S. The Hall–Kier alpha value is -1.93. The number of nitrogens with one attached hydrogen (secondary N) is 1. The normalized spacial score (nSPS) is 20.4. The highest BCUT2D eigenvalue weighted by Crippen LogP contribution is 2.23. The second kappa shape index (κ2) is 5.22. The minimum atomic E-state index is -4.03. The van der Waals surface area contributed by atoms with Gasteiger partial charge in [0, 0.05) is 13.1 Å². The minimum absolute atomic E-state index is 0.114. The van der Waals surface area contributed by atoms with E-state index < -0.39 is 27.9 Å². The molecule has 0 saturated carbocycles. The highest BCUT2D eigenvalue weighted by Gasteiger charge is 2.37. The van der Waals surface area contributed by atoms with Gasteiger partial charge >= 0.3 is 5.97 Å². The summed E-state index contributed by atoms with van der Waals surface area (Å²) in [7, 11) is -4.03. The predicted molar refractivity (Wildman–Crippen MR) is 69.8 cm³/mol. The number of hydrogen-bond acceptors (Lipinski definition) is 4. The molecule has 2 rings (SSSR count). The van der Waals surface area contributed by atoms with Crippen molar-refractivity contribution in [3.05, 3.63) is 29.8 Å². The molecule has 0 bridgehead atoms. The van der Waals surface area contributed by atoms with Gasteiger partial charge < -0.3 is 10.4 Å². The van der Waals surface area contributed by atoms with Gasteiger partial charge in [0.15, 0.2) is 0 Å². The van der Waals surface area contributed by atoms with Gasteiger partial charge in [0.1, 0.15) is 6.04 Å².